The third-order valence-corrected chi connectivity index (χ3v) is 4.59. The lowest BCUT2D eigenvalue weighted by atomic mass is 9.95. The molecular formula is C24H23N3O2. The SMILES string of the molecule is CCOC(=O)/C(C#N)=C/c1cn(-c2ccccc2)nc1-c1c(C)cc(C)cc1C. The van der Waals surface area contributed by atoms with Crippen molar-refractivity contribution in [1.82, 2.24) is 9.78 Å². The Morgan fingerprint density at radius 2 is 1.83 bits per heavy atom. The van der Waals surface area contributed by atoms with E-state index in [1.807, 2.05) is 56.4 Å². The van der Waals surface area contributed by atoms with Crippen molar-refractivity contribution in [2.45, 2.75) is 27.7 Å². The fourth-order valence-corrected chi connectivity index (χ4v) is 3.45. The topological polar surface area (TPSA) is 67.9 Å². The van der Waals surface area contributed by atoms with E-state index in [9.17, 15) is 10.1 Å². The van der Waals surface area contributed by atoms with Gasteiger partial charge in [0.15, 0.2) is 0 Å². The highest BCUT2D eigenvalue weighted by molar-refractivity contribution is 5.99. The highest BCUT2D eigenvalue weighted by atomic mass is 16.5. The Kier molecular flexibility index (Phi) is 5.94. The molecule has 0 aliphatic rings. The van der Waals surface area contributed by atoms with Crippen molar-refractivity contribution in [3.63, 3.8) is 0 Å². The van der Waals surface area contributed by atoms with Gasteiger partial charge in [0.1, 0.15) is 17.3 Å². The molecule has 3 rings (SSSR count). The first kappa shape index (κ1) is 20.1. The van der Waals surface area contributed by atoms with E-state index >= 15 is 0 Å². The molecule has 0 bridgehead atoms. The molecule has 3 aromatic rings. The minimum Gasteiger partial charge on any atom is -0.462 e. The molecule has 5 nitrogen and oxygen atoms in total. The van der Waals surface area contributed by atoms with Crippen LogP contribution in [0, 0.1) is 32.1 Å². The van der Waals surface area contributed by atoms with Gasteiger partial charge in [-0.2, -0.15) is 10.4 Å². The molecule has 0 radical (unpaired) electrons. The third kappa shape index (κ3) is 4.27. The van der Waals surface area contributed by atoms with Gasteiger partial charge >= 0.3 is 5.97 Å². The zero-order valence-electron chi connectivity index (χ0n) is 17.1. The van der Waals surface area contributed by atoms with Gasteiger partial charge in [-0.3, -0.25) is 0 Å². The van der Waals surface area contributed by atoms with E-state index in [4.69, 9.17) is 9.84 Å². The smallest absolute Gasteiger partial charge is 0.348 e. The minimum absolute atomic E-state index is 0.0527. The van der Waals surface area contributed by atoms with Gasteiger partial charge in [-0.05, 0) is 57.0 Å². The molecule has 5 heteroatoms. The summed E-state index contributed by atoms with van der Waals surface area (Å²) in [5, 5.41) is 14.3. The summed E-state index contributed by atoms with van der Waals surface area (Å²) in [5.74, 6) is -0.634. The van der Waals surface area contributed by atoms with Gasteiger partial charge in [0.2, 0.25) is 0 Å². The monoisotopic (exact) mass is 385 g/mol. The number of hydrogen-bond acceptors (Lipinski definition) is 4. The first-order valence-electron chi connectivity index (χ1n) is 9.46. The number of carbonyl (C=O) groups is 1. The average molecular weight is 385 g/mol. The standard InChI is InChI=1S/C24H23N3O2/c1-5-29-24(28)19(14-25)13-20-15-27(21-9-7-6-8-10-21)26-23(20)22-17(3)11-16(2)12-18(22)4/h6-13,15H,5H2,1-4H3/b19-13+. The van der Waals surface area contributed by atoms with E-state index in [0.29, 0.717) is 5.56 Å². The van der Waals surface area contributed by atoms with Crippen molar-refractivity contribution in [3.8, 4) is 23.0 Å². The Morgan fingerprint density at radius 3 is 2.41 bits per heavy atom. The molecule has 2 aromatic carbocycles. The molecule has 0 aliphatic carbocycles. The molecule has 1 aromatic heterocycles. The predicted molar refractivity (Wildman–Crippen MR) is 113 cm³/mol. The van der Waals surface area contributed by atoms with Gasteiger partial charge in [0.05, 0.1) is 12.3 Å². The number of benzene rings is 2. The summed E-state index contributed by atoms with van der Waals surface area (Å²) in [6, 6.07) is 15.9. The maximum Gasteiger partial charge on any atom is 0.348 e. The number of para-hydroxylation sites is 1. The van der Waals surface area contributed by atoms with Crippen LogP contribution in [-0.2, 0) is 9.53 Å². The van der Waals surface area contributed by atoms with Crippen LogP contribution in [0.3, 0.4) is 0 Å². The highest BCUT2D eigenvalue weighted by Gasteiger charge is 2.18. The second kappa shape index (κ2) is 8.57. The van der Waals surface area contributed by atoms with Gasteiger partial charge in [-0.15, -0.1) is 0 Å². The van der Waals surface area contributed by atoms with Crippen molar-refractivity contribution in [3.05, 3.63) is 76.5 Å². The van der Waals surface area contributed by atoms with Crippen LogP contribution in [0.25, 0.3) is 23.0 Å². The van der Waals surface area contributed by atoms with Crippen molar-refractivity contribution in [2.24, 2.45) is 0 Å². The van der Waals surface area contributed by atoms with Crippen LogP contribution in [0.15, 0.2) is 54.2 Å². The second-order valence-corrected chi connectivity index (χ2v) is 6.88. The Balaban J connectivity index is 2.24. The number of nitriles is 1. The van der Waals surface area contributed by atoms with Crippen LogP contribution in [0.4, 0.5) is 0 Å². The maximum atomic E-state index is 12.1. The van der Waals surface area contributed by atoms with Crippen molar-refractivity contribution in [1.29, 1.82) is 5.26 Å². The number of rotatable bonds is 5. The van der Waals surface area contributed by atoms with Gasteiger partial charge in [0, 0.05) is 17.3 Å². The van der Waals surface area contributed by atoms with E-state index < -0.39 is 5.97 Å². The summed E-state index contributed by atoms with van der Waals surface area (Å²) in [4.78, 5) is 12.1. The summed E-state index contributed by atoms with van der Waals surface area (Å²) in [6.07, 6.45) is 3.39. The quantitative estimate of drug-likeness (QED) is 0.355. The minimum atomic E-state index is -0.634. The molecule has 1 heterocycles. The number of ether oxygens (including phenoxy) is 1. The number of aromatic nitrogens is 2. The van der Waals surface area contributed by atoms with Gasteiger partial charge < -0.3 is 4.74 Å². The lowest BCUT2D eigenvalue weighted by molar-refractivity contribution is -0.137. The molecule has 0 amide bonds. The molecule has 0 aliphatic heterocycles. The third-order valence-electron chi connectivity index (χ3n) is 4.59. The number of hydrogen-bond donors (Lipinski definition) is 0. The molecule has 0 N–H and O–H groups in total. The summed E-state index contributed by atoms with van der Waals surface area (Å²) in [7, 11) is 0. The number of esters is 1. The molecule has 29 heavy (non-hydrogen) atoms. The summed E-state index contributed by atoms with van der Waals surface area (Å²) in [6.45, 7) is 8.07. The molecule has 0 spiro atoms. The molecule has 0 saturated heterocycles. The summed E-state index contributed by atoms with van der Waals surface area (Å²) >= 11 is 0. The van der Waals surface area contributed by atoms with Crippen molar-refractivity contribution < 1.29 is 9.53 Å². The van der Waals surface area contributed by atoms with Crippen LogP contribution in [0.1, 0.15) is 29.2 Å². The summed E-state index contributed by atoms with van der Waals surface area (Å²) in [5.41, 5.74) is 6.60. The Labute approximate surface area is 170 Å². The fourth-order valence-electron chi connectivity index (χ4n) is 3.45. The van der Waals surface area contributed by atoms with Crippen LogP contribution in [0.5, 0.6) is 0 Å². The van der Waals surface area contributed by atoms with Gasteiger partial charge in [0.25, 0.3) is 0 Å². The lowest BCUT2D eigenvalue weighted by Gasteiger charge is -2.10. The molecule has 0 saturated carbocycles. The van der Waals surface area contributed by atoms with E-state index in [1.54, 1.807) is 17.7 Å². The maximum absolute atomic E-state index is 12.1. The predicted octanol–water partition coefficient (Wildman–Crippen LogP) is 4.93. The Morgan fingerprint density at radius 1 is 1.17 bits per heavy atom. The number of carbonyl (C=O) groups excluding carboxylic acids is 1. The fraction of sp³-hybridized carbons (Fsp3) is 0.208. The molecule has 146 valence electrons. The van der Waals surface area contributed by atoms with Gasteiger partial charge in [-0.25, -0.2) is 9.48 Å². The van der Waals surface area contributed by atoms with Crippen molar-refractivity contribution >= 4 is 12.0 Å². The first-order valence-corrected chi connectivity index (χ1v) is 9.46. The zero-order chi connectivity index (χ0) is 21.0. The van der Waals surface area contributed by atoms with Crippen LogP contribution >= 0.6 is 0 Å². The van der Waals surface area contributed by atoms with Crippen LogP contribution in [-0.4, -0.2) is 22.4 Å². The first-order chi connectivity index (χ1) is 13.9. The van der Waals surface area contributed by atoms with Crippen LogP contribution in [0.2, 0.25) is 0 Å². The normalized spacial score (nSPS) is 11.2. The van der Waals surface area contributed by atoms with E-state index in [1.165, 1.54) is 5.56 Å². The number of nitrogens with zero attached hydrogens (tertiary/aromatic N) is 3. The largest absolute Gasteiger partial charge is 0.462 e. The summed E-state index contributed by atoms with van der Waals surface area (Å²) < 4.78 is 6.77. The molecular weight excluding hydrogens is 362 g/mol. The molecule has 0 atom stereocenters. The van der Waals surface area contributed by atoms with Crippen molar-refractivity contribution in [2.75, 3.05) is 6.61 Å². The van der Waals surface area contributed by atoms with E-state index in [2.05, 4.69) is 19.1 Å². The second-order valence-electron chi connectivity index (χ2n) is 6.88. The molecule has 0 fully saturated rings. The average Bonchev–Trinajstić information content (AvgIpc) is 3.09. The Bertz CT molecular complexity index is 1100. The highest BCUT2D eigenvalue weighted by Crippen LogP contribution is 2.32. The van der Waals surface area contributed by atoms with Gasteiger partial charge in [-0.1, -0.05) is 35.9 Å². The number of aryl methyl sites for hydroxylation is 3. The lowest BCUT2D eigenvalue weighted by Crippen LogP contribution is -2.06. The Hall–Kier alpha value is -3.65. The van der Waals surface area contributed by atoms with E-state index in [-0.39, 0.29) is 12.2 Å². The van der Waals surface area contributed by atoms with Crippen LogP contribution < -0.4 is 0 Å². The molecule has 0 unspecified atom stereocenters. The zero-order valence-corrected chi connectivity index (χ0v) is 17.1. The van der Waals surface area contributed by atoms with E-state index in [0.717, 1.165) is 28.1 Å².